The highest BCUT2D eigenvalue weighted by Crippen LogP contribution is 2.28. The van der Waals surface area contributed by atoms with Crippen molar-refractivity contribution < 1.29 is 14.3 Å². The summed E-state index contributed by atoms with van der Waals surface area (Å²) in [5.41, 5.74) is 2.19. The van der Waals surface area contributed by atoms with Gasteiger partial charge >= 0.3 is 0 Å². The molecule has 1 aromatic carbocycles. The summed E-state index contributed by atoms with van der Waals surface area (Å²) in [4.78, 5) is 27.4. The van der Waals surface area contributed by atoms with Crippen molar-refractivity contribution in [2.24, 2.45) is 5.92 Å². The highest BCUT2D eigenvalue weighted by atomic mass is 16.5. The highest BCUT2D eigenvalue weighted by Gasteiger charge is 2.37. The summed E-state index contributed by atoms with van der Waals surface area (Å²) in [5, 5.41) is 3.03. The third-order valence-corrected chi connectivity index (χ3v) is 5.76. The lowest BCUT2D eigenvalue weighted by Crippen LogP contribution is -2.47. The summed E-state index contributed by atoms with van der Waals surface area (Å²) in [6.45, 7) is 4.52. The van der Waals surface area contributed by atoms with Crippen LogP contribution in [0.4, 0.5) is 0 Å². The van der Waals surface area contributed by atoms with Gasteiger partial charge in [-0.15, -0.1) is 0 Å². The monoisotopic (exact) mass is 372 g/mol. The average Bonchev–Trinajstić information content (AvgIpc) is 3.21. The SMILES string of the molecule is CCOCc1ccc(CNC(=O)C2CCCN2C(=O)C2CCCCC2)cc1. The van der Waals surface area contributed by atoms with Crippen LogP contribution in [0.1, 0.15) is 63.0 Å². The summed E-state index contributed by atoms with van der Waals surface area (Å²) < 4.78 is 5.40. The van der Waals surface area contributed by atoms with Gasteiger partial charge < -0.3 is 15.0 Å². The maximum atomic E-state index is 12.8. The quantitative estimate of drug-likeness (QED) is 0.798. The van der Waals surface area contributed by atoms with Crippen LogP contribution in [0.3, 0.4) is 0 Å². The number of benzene rings is 1. The highest BCUT2D eigenvalue weighted by molar-refractivity contribution is 5.89. The first-order chi connectivity index (χ1) is 13.2. The van der Waals surface area contributed by atoms with Crippen LogP contribution < -0.4 is 5.32 Å². The second-order valence-electron chi connectivity index (χ2n) is 7.70. The van der Waals surface area contributed by atoms with Gasteiger partial charge in [-0.25, -0.2) is 0 Å². The number of ether oxygens (including phenoxy) is 1. The Morgan fingerprint density at radius 3 is 2.44 bits per heavy atom. The van der Waals surface area contributed by atoms with Crippen molar-refractivity contribution >= 4 is 11.8 Å². The molecule has 0 bridgehead atoms. The van der Waals surface area contributed by atoms with Crippen LogP contribution in [0.25, 0.3) is 0 Å². The van der Waals surface area contributed by atoms with E-state index >= 15 is 0 Å². The molecule has 0 spiro atoms. The van der Waals surface area contributed by atoms with Crippen molar-refractivity contribution in [1.29, 1.82) is 0 Å². The first kappa shape index (κ1) is 19.9. The van der Waals surface area contributed by atoms with Gasteiger partial charge in [0.05, 0.1) is 6.61 Å². The van der Waals surface area contributed by atoms with Gasteiger partial charge in [0, 0.05) is 25.6 Å². The Bertz CT molecular complexity index is 623. The van der Waals surface area contributed by atoms with Gasteiger partial charge in [0.25, 0.3) is 0 Å². The summed E-state index contributed by atoms with van der Waals surface area (Å²) in [6.07, 6.45) is 7.17. The van der Waals surface area contributed by atoms with E-state index in [1.165, 1.54) is 6.42 Å². The van der Waals surface area contributed by atoms with Gasteiger partial charge in [-0.1, -0.05) is 43.5 Å². The van der Waals surface area contributed by atoms with E-state index in [2.05, 4.69) is 5.32 Å². The van der Waals surface area contributed by atoms with E-state index in [1.54, 1.807) is 0 Å². The van der Waals surface area contributed by atoms with Crippen LogP contribution in [0, 0.1) is 5.92 Å². The molecule has 1 aliphatic heterocycles. The predicted molar refractivity (Wildman–Crippen MR) is 105 cm³/mol. The van der Waals surface area contributed by atoms with Crippen molar-refractivity contribution in [1.82, 2.24) is 10.2 Å². The van der Waals surface area contributed by atoms with Crippen molar-refractivity contribution in [3.63, 3.8) is 0 Å². The van der Waals surface area contributed by atoms with Crippen LogP contribution in [-0.4, -0.2) is 35.9 Å². The van der Waals surface area contributed by atoms with Crippen LogP contribution in [0.15, 0.2) is 24.3 Å². The van der Waals surface area contributed by atoms with Crippen molar-refractivity contribution in [2.45, 2.75) is 71.1 Å². The van der Waals surface area contributed by atoms with E-state index in [0.29, 0.717) is 19.8 Å². The number of nitrogens with one attached hydrogen (secondary N) is 1. The molecule has 5 nitrogen and oxygen atoms in total. The number of nitrogens with zero attached hydrogens (tertiary/aromatic N) is 1. The number of hydrogen-bond donors (Lipinski definition) is 1. The molecule has 3 rings (SSSR count). The Kier molecular flexibility index (Phi) is 7.27. The standard InChI is InChI=1S/C22H32N2O3/c1-2-27-16-18-12-10-17(11-13-18)15-23-21(25)20-9-6-14-24(20)22(26)19-7-4-3-5-8-19/h10-13,19-20H,2-9,14-16H2,1H3,(H,23,25). The van der Waals surface area contributed by atoms with E-state index < -0.39 is 0 Å². The molecule has 27 heavy (non-hydrogen) atoms. The molecule has 1 saturated carbocycles. The van der Waals surface area contributed by atoms with Crippen molar-refractivity contribution in [2.75, 3.05) is 13.2 Å². The number of carbonyl (C=O) groups is 2. The molecular formula is C22H32N2O3. The minimum absolute atomic E-state index is 0.0185. The molecule has 1 aliphatic carbocycles. The fourth-order valence-corrected chi connectivity index (χ4v) is 4.17. The van der Waals surface area contributed by atoms with Crippen LogP contribution in [0.2, 0.25) is 0 Å². The molecule has 1 unspecified atom stereocenters. The molecule has 1 saturated heterocycles. The molecule has 1 atom stereocenters. The lowest BCUT2D eigenvalue weighted by atomic mass is 9.88. The molecule has 0 aromatic heterocycles. The Morgan fingerprint density at radius 2 is 1.74 bits per heavy atom. The smallest absolute Gasteiger partial charge is 0.243 e. The summed E-state index contributed by atoms with van der Waals surface area (Å²) >= 11 is 0. The number of amides is 2. The van der Waals surface area contributed by atoms with Crippen molar-refractivity contribution in [3.8, 4) is 0 Å². The Balaban J connectivity index is 1.51. The molecule has 1 heterocycles. The van der Waals surface area contributed by atoms with Gasteiger partial charge in [0.1, 0.15) is 6.04 Å². The predicted octanol–water partition coefficient (Wildman–Crippen LogP) is 3.41. The summed E-state index contributed by atoms with van der Waals surface area (Å²) in [7, 11) is 0. The first-order valence-electron chi connectivity index (χ1n) is 10.4. The van der Waals surface area contributed by atoms with E-state index in [-0.39, 0.29) is 23.8 Å². The zero-order valence-electron chi connectivity index (χ0n) is 16.4. The topological polar surface area (TPSA) is 58.6 Å². The van der Waals surface area contributed by atoms with E-state index in [1.807, 2.05) is 36.1 Å². The van der Waals surface area contributed by atoms with Gasteiger partial charge in [0.15, 0.2) is 0 Å². The molecule has 0 radical (unpaired) electrons. The lowest BCUT2D eigenvalue weighted by Gasteiger charge is -2.30. The fourth-order valence-electron chi connectivity index (χ4n) is 4.17. The maximum absolute atomic E-state index is 12.8. The number of hydrogen-bond acceptors (Lipinski definition) is 3. The molecule has 5 heteroatoms. The molecular weight excluding hydrogens is 340 g/mol. The van der Waals surface area contributed by atoms with Crippen molar-refractivity contribution in [3.05, 3.63) is 35.4 Å². The van der Waals surface area contributed by atoms with Crippen LogP contribution >= 0.6 is 0 Å². The second-order valence-corrected chi connectivity index (χ2v) is 7.70. The van der Waals surface area contributed by atoms with E-state index in [4.69, 9.17) is 4.74 Å². The van der Waals surface area contributed by atoms with Crippen LogP contribution in [0.5, 0.6) is 0 Å². The van der Waals surface area contributed by atoms with E-state index in [9.17, 15) is 9.59 Å². The minimum Gasteiger partial charge on any atom is -0.377 e. The number of rotatable bonds is 7. The third kappa shape index (κ3) is 5.32. The van der Waals surface area contributed by atoms with Crippen LogP contribution in [-0.2, 0) is 27.5 Å². The largest absolute Gasteiger partial charge is 0.377 e. The minimum atomic E-state index is -0.295. The zero-order chi connectivity index (χ0) is 19.1. The Labute approximate surface area is 162 Å². The van der Waals surface area contributed by atoms with Gasteiger partial charge in [0.2, 0.25) is 11.8 Å². The maximum Gasteiger partial charge on any atom is 0.243 e. The molecule has 148 valence electrons. The summed E-state index contributed by atoms with van der Waals surface area (Å²) in [5.74, 6) is 0.313. The Morgan fingerprint density at radius 1 is 1.04 bits per heavy atom. The third-order valence-electron chi connectivity index (χ3n) is 5.76. The molecule has 1 N–H and O–H groups in total. The van der Waals surface area contributed by atoms with Gasteiger partial charge in [-0.3, -0.25) is 9.59 Å². The normalized spacial score (nSPS) is 20.6. The fraction of sp³-hybridized carbons (Fsp3) is 0.636. The van der Waals surface area contributed by atoms with E-state index in [0.717, 1.165) is 56.2 Å². The average molecular weight is 373 g/mol. The molecule has 2 aliphatic rings. The van der Waals surface area contributed by atoms with Gasteiger partial charge in [-0.05, 0) is 43.7 Å². The first-order valence-corrected chi connectivity index (χ1v) is 10.4. The Hall–Kier alpha value is -1.88. The second kappa shape index (κ2) is 9.88. The molecule has 2 fully saturated rings. The number of carbonyl (C=O) groups excluding carboxylic acids is 2. The zero-order valence-corrected chi connectivity index (χ0v) is 16.4. The molecule has 1 aromatic rings. The summed E-state index contributed by atoms with van der Waals surface area (Å²) in [6, 6.07) is 7.82. The molecule has 2 amide bonds. The number of likely N-dealkylation sites (tertiary alicyclic amines) is 1. The lowest BCUT2D eigenvalue weighted by molar-refractivity contribution is -0.142. The van der Waals surface area contributed by atoms with Gasteiger partial charge in [-0.2, -0.15) is 0 Å².